The smallest absolute Gasteiger partial charge is 0.0771 e. The van der Waals surface area contributed by atoms with E-state index in [4.69, 9.17) is 0 Å². The SMILES string of the molecule is [C-]1=CC=CC1.[Cl-].[Cl-].[Zr+2]=[C](CC1CCCCC1)CC1CCCCC1.c1ccc2c(c1)[cH-]c1ccccc12. The summed E-state index contributed by atoms with van der Waals surface area (Å²) >= 11 is 1.75. The zero-order valence-electron chi connectivity index (χ0n) is 21.5. The number of halogens is 2. The first kappa shape index (κ1) is 31.3. The van der Waals surface area contributed by atoms with E-state index in [0.717, 1.165) is 18.3 Å². The fraction of sp³-hybridized carbons (Fsp3) is 0.455. The summed E-state index contributed by atoms with van der Waals surface area (Å²) < 4.78 is 1.91. The quantitative estimate of drug-likeness (QED) is 0.403. The molecular formula is C33H40Cl2Zr-2. The van der Waals surface area contributed by atoms with Crippen LogP contribution in [-0.4, -0.2) is 3.21 Å². The summed E-state index contributed by atoms with van der Waals surface area (Å²) in [5.74, 6) is 2.15. The molecule has 0 nitrogen and oxygen atoms in total. The fourth-order valence-corrected chi connectivity index (χ4v) is 7.23. The molecule has 0 bridgehead atoms. The van der Waals surface area contributed by atoms with E-state index in [1.807, 2.05) is 15.4 Å². The van der Waals surface area contributed by atoms with Crippen LogP contribution in [-0.2, 0) is 24.2 Å². The Labute approximate surface area is 246 Å². The molecule has 2 saturated carbocycles. The van der Waals surface area contributed by atoms with Gasteiger partial charge in [0.2, 0.25) is 0 Å². The van der Waals surface area contributed by atoms with Crippen molar-refractivity contribution < 1.29 is 49.0 Å². The van der Waals surface area contributed by atoms with Crippen LogP contribution < -0.4 is 24.8 Å². The zero-order chi connectivity index (χ0) is 23.4. The minimum atomic E-state index is 0. The molecule has 0 atom stereocenters. The molecule has 3 aromatic rings. The maximum atomic E-state index is 2.99. The molecule has 6 rings (SSSR count). The Kier molecular flexibility index (Phi) is 15.3. The van der Waals surface area contributed by atoms with Crippen molar-refractivity contribution in [3.05, 3.63) is 78.9 Å². The number of fused-ring (bicyclic) bond motifs is 3. The molecule has 0 amide bonds. The number of rotatable bonds is 4. The van der Waals surface area contributed by atoms with Crippen molar-refractivity contribution in [1.82, 2.24) is 0 Å². The predicted molar refractivity (Wildman–Crippen MR) is 146 cm³/mol. The molecule has 3 aromatic carbocycles. The average molecular weight is 599 g/mol. The molecule has 3 aliphatic rings. The van der Waals surface area contributed by atoms with Gasteiger partial charge in [0.15, 0.2) is 0 Å². The van der Waals surface area contributed by atoms with Crippen molar-refractivity contribution in [3.63, 3.8) is 0 Å². The van der Waals surface area contributed by atoms with E-state index in [1.54, 1.807) is 24.2 Å². The van der Waals surface area contributed by atoms with Crippen LogP contribution in [0.25, 0.3) is 21.5 Å². The van der Waals surface area contributed by atoms with E-state index in [0.29, 0.717) is 0 Å². The molecule has 3 aliphatic carbocycles. The average Bonchev–Trinajstić information content (AvgIpc) is 3.58. The minimum Gasteiger partial charge on any atom is -0.126 e. The summed E-state index contributed by atoms with van der Waals surface area (Å²) in [6, 6.07) is 19.3. The molecule has 0 spiro atoms. The van der Waals surface area contributed by atoms with Gasteiger partial charge in [0.25, 0.3) is 0 Å². The third-order valence-electron chi connectivity index (χ3n) is 7.63. The first-order chi connectivity index (χ1) is 16.8. The normalized spacial score (nSPS) is 17.4. The maximum Gasteiger partial charge on any atom is -0.0771 e. The van der Waals surface area contributed by atoms with Gasteiger partial charge in [-0.1, -0.05) is 36.4 Å². The van der Waals surface area contributed by atoms with Gasteiger partial charge in [-0.15, -0.1) is 46.2 Å². The standard InChI is InChI=1S/C15H26.C13H9.C5H5.2ClH.Zr/c1-3-8-14(9-4-1)12-7-13-15-10-5-2-6-11-15;1-3-7-12-10(5-1)9-11-6-2-4-8-13(11)12;1-2-4-5-3-1;;;/h14-15H,1-6,8-13H2;1-9H;1-3H,4H2;2*1H;/q;2*-1;;;+2/p-2. The van der Waals surface area contributed by atoms with Gasteiger partial charge in [0, 0.05) is 0 Å². The van der Waals surface area contributed by atoms with Crippen LogP contribution in [0.3, 0.4) is 0 Å². The topological polar surface area (TPSA) is 0 Å². The molecule has 0 heterocycles. The third-order valence-corrected chi connectivity index (χ3v) is 8.63. The van der Waals surface area contributed by atoms with Gasteiger partial charge in [-0.05, 0) is 0 Å². The molecule has 192 valence electrons. The van der Waals surface area contributed by atoms with Crippen LogP contribution >= 0.6 is 0 Å². The molecule has 0 radical (unpaired) electrons. The Balaban J connectivity index is 0.000000205. The summed E-state index contributed by atoms with van der Waals surface area (Å²) in [5, 5.41) is 5.39. The summed E-state index contributed by atoms with van der Waals surface area (Å²) in [5.41, 5.74) is 0. The Morgan fingerprint density at radius 2 is 1.19 bits per heavy atom. The van der Waals surface area contributed by atoms with Crippen molar-refractivity contribution in [3.8, 4) is 0 Å². The molecule has 0 aromatic heterocycles. The number of hydrogen-bond donors (Lipinski definition) is 0. The second kappa shape index (κ2) is 17.6. The summed E-state index contributed by atoms with van der Waals surface area (Å²) in [6.45, 7) is 0. The van der Waals surface area contributed by atoms with Crippen molar-refractivity contribution in [1.29, 1.82) is 0 Å². The Morgan fingerprint density at radius 1 is 0.722 bits per heavy atom. The van der Waals surface area contributed by atoms with Crippen LogP contribution in [0, 0.1) is 17.9 Å². The first-order valence-corrected chi connectivity index (χ1v) is 14.8. The monoisotopic (exact) mass is 596 g/mol. The van der Waals surface area contributed by atoms with Gasteiger partial charge in [0.05, 0.1) is 0 Å². The second-order valence-corrected chi connectivity index (χ2v) is 12.1. The van der Waals surface area contributed by atoms with E-state index >= 15 is 0 Å². The molecule has 0 N–H and O–H groups in total. The zero-order valence-corrected chi connectivity index (χ0v) is 25.5. The molecular weight excluding hydrogens is 558 g/mol. The van der Waals surface area contributed by atoms with Gasteiger partial charge in [-0.2, -0.15) is 6.08 Å². The molecule has 0 saturated heterocycles. The van der Waals surface area contributed by atoms with E-state index in [9.17, 15) is 0 Å². The summed E-state index contributed by atoms with van der Waals surface area (Å²) in [7, 11) is 0. The maximum absolute atomic E-state index is 2.99. The van der Waals surface area contributed by atoms with Crippen LogP contribution in [0.4, 0.5) is 0 Å². The van der Waals surface area contributed by atoms with Crippen LogP contribution in [0.1, 0.15) is 83.5 Å². The Morgan fingerprint density at radius 3 is 1.58 bits per heavy atom. The molecule has 3 heteroatoms. The fourth-order valence-electron chi connectivity index (χ4n) is 5.81. The Bertz CT molecular complexity index is 999. The van der Waals surface area contributed by atoms with E-state index in [-0.39, 0.29) is 24.8 Å². The van der Waals surface area contributed by atoms with Gasteiger partial charge in [-0.3, -0.25) is 6.08 Å². The summed E-state index contributed by atoms with van der Waals surface area (Å²) in [4.78, 5) is 0. The van der Waals surface area contributed by atoms with E-state index < -0.39 is 0 Å². The largest absolute Gasteiger partial charge is 0.126 e. The van der Waals surface area contributed by atoms with Gasteiger partial charge in [-0.25, -0.2) is 12.2 Å². The van der Waals surface area contributed by atoms with Gasteiger partial charge in [0.1, 0.15) is 0 Å². The second-order valence-electron chi connectivity index (χ2n) is 10.3. The van der Waals surface area contributed by atoms with Gasteiger partial charge >= 0.3 is 116 Å². The molecule has 0 aliphatic heterocycles. The number of hydrogen-bond acceptors (Lipinski definition) is 0. The van der Waals surface area contributed by atoms with Crippen molar-refractivity contribution in [2.75, 3.05) is 0 Å². The number of benzene rings is 2. The van der Waals surface area contributed by atoms with Crippen LogP contribution in [0.5, 0.6) is 0 Å². The Hall–Kier alpha value is -0.877. The van der Waals surface area contributed by atoms with Gasteiger partial charge < -0.3 is 24.8 Å². The first-order valence-electron chi connectivity index (χ1n) is 13.6. The molecule has 2 fully saturated rings. The summed E-state index contributed by atoms with van der Waals surface area (Å²) in [6.07, 6.45) is 28.2. The van der Waals surface area contributed by atoms with Crippen LogP contribution in [0.2, 0.25) is 0 Å². The van der Waals surface area contributed by atoms with Crippen molar-refractivity contribution >= 4 is 24.8 Å². The minimum absolute atomic E-state index is 0. The number of allylic oxidation sites excluding steroid dienone is 4. The third kappa shape index (κ3) is 10.1. The van der Waals surface area contributed by atoms with Crippen molar-refractivity contribution in [2.24, 2.45) is 11.8 Å². The van der Waals surface area contributed by atoms with Crippen molar-refractivity contribution in [2.45, 2.75) is 83.5 Å². The van der Waals surface area contributed by atoms with Crippen LogP contribution in [0.15, 0.2) is 72.8 Å². The molecule has 0 unspecified atom stereocenters. The predicted octanol–water partition coefficient (Wildman–Crippen LogP) is 3.67. The molecule has 36 heavy (non-hydrogen) atoms. The van der Waals surface area contributed by atoms with E-state index in [1.165, 1.54) is 98.6 Å². The van der Waals surface area contributed by atoms with E-state index in [2.05, 4.69) is 66.7 Å².